The molecule has 0 unspecified atom stereocenters. The van der Waals surface area contributed by atoms with Crippen LogP contribution >= 0.6 is 0 Å². The van der Waals surface area contributed by atoms with E-state index in [0.29, 0.717) is 25.7 Å². The largest absolute Gasteiger partial charge is 0.480 e. The smallest absolute Gasteiger partial charge is 0.407 e. The van der Waals surface area contributed by atoms with Crippen LogP contribution in [-0.4, -0.2) is 41.8 Å². The lowest BCUT2D eigenvalue weighted by Gasteiger charge is -2.23. The highest BCUT2D eigenvalue weighted by Gasteiger charge is 2.36. The second-order valence-electron chi connectivity index (χ2n) is 8.80. The maximum absolute atomic E-state index is 12.7. The van der Waals surface area contributed by atoms with Crippen LogP contribution in [0.15, 0.2) is 48.5 Å². The summed E-state index contributed by atoms with van der Waals surface area (Å²) in [6.45, 7) is 2.08. The van der Waals surface area contributed by atoms with Crippen molar-refractivity contribution in [3.05, 3.63) is 59.7 Å². The van der Waals surface area contributed by atoms with Crippen LogP contribution in [0.2, 0.25) is 0 Å². The van der Waals surface area contributed by atoms with E-state index < -0.39 is 24.0 Å². The molecule has 4 rings (SSSR count). The van der Waals surface area contributed by atoms with Gasteiger partial charge in [0.05, 0.1) is 5.92 Å². The van der Waals surface area contributed by atoms with Crippen molar-refractivity contribution in [2.75, 3.05) is 6.61 Å². The maximum Gasteiger partial charge on any atom is 0.407 e. The minimum absolute atomic E-state index is 0.0313. The molecule has 0 aromatic heterocycles. The molecule has 0 spiro atoms. The first-order valence-electron chi connectivity index (χ1n) is 11.6. The lowest BCUT2D eigenvalue weighted by molar-refractivity contribution is -0.142. The van der Waals surface area contributed by atoms with E-state index in [1.165, 1.54) is 0 Å². The SMILES string of the molecule is CCC[C@H](NC(=O)[C@@H]1CCC[C@@H]1NC(=O)OCC1c2ccccc2-c2ccccc21)C(=O)O. The van der Waals surface area contributed by atoms with Crippen LogP contribution in [-0.2, 0) is 14.3 Å². The van der Waals surface area contributed by atoms with Crippen molar-refractivity contribution in [2.45, 2.75) is 57.0 Å². The van der Waals surface area contributed by atoms with Crippen LogP contribution in [0.1, 0.15) is 56.1 Å². The van der Waals surface area contributed by atoms with Crippen molar-refractivity contribution in [1.29, 1.82) is 0 Å². The van der Waals surface area contributed by atoms with Gasteiger partial charge in [-0.2, -0.15) is 0 Å². The molecule has 3 N–H and O–H groups in total. The molecule has 2 aliphatic carbocycles. The number of carboxylic acid groups (broad SMARTS) is 1. The molecule has 0 heterocycles. The topological polar surface area (TPSA) is 105 Å². The molecule has 2 aromatic rings. The van der Waals surface area contributed by atoms with Gasteiger partial charge in [0, 0.05) is 12.0 Å². The number of hydrogen-bond acceptors (Lipinski definition) is 4. The Morgan fingerprint density at radius 1 is 1.03 bits per heavy atom. The predicted molar refractivity (Wildman–Crippen MR) is 124 cm³/mol. The van der Waals surface area contributed by atoms with Crippen LogP contribution in [0.3, 0.4) is 0 Å². The van der Waals surface area contributed by atoms with E-state index in [2.05, 4.69) is 34.9 Å². The molecule has 7 heteroatoms. The van der Waals surface area contributed by atoms with E-state index in [0.717, 1.165) is 28.7 Å². The van der Waals surface area contributed by atoms with Crippen LogP contribution in [0, 0.1) is 5.92 Å². The summed E-state index contributed by atoms with van der Waals surface area (Å²) in [7, 11) is 0. The zero-order valence-corrected chi connectivity index (χ0v) is 18.8. The Morgan fingerprint density at radius 2 is 1.67 bits per heavy atom. The van der Waals surface area contributed by atoms with Gasteiger partial charge in [0.2, 0.25) is 5.91 Å². The quantitative estimate of drug-likeness (QED) is 0.563. The number of hydrogen-bond donors (Lipinski definition) is 3. The van der Waals surface area contributed by atoms with Crippen molar-refractivity contribution in [1.82, 2.24) is 10.6 Å². The normalized spacial score (nSPS) is 19.9. The number of amides is 2. The van der Waals surface area contributed by atoms with Gasteiger partial charge in [-0.25, -0.2) is 9.59 Å². The number of carbonyl (C=O) groups excluding carboxylic acids is 2. The Balaban J connectivity index is 1.36. The number of carboxylic acids is 1. The van der Waals surface area contributed by atoms with Crippen LogP contribution in [0.25, 0.3) is 11.1 Å². The van der Waals surface area contributed by atoms with Crippen molar-refractivity contribution in [2.24, 2.45) is 5.92 Å². The van der Waals surface area contributed by atoms with Gasteiger partial charge in [-0.3, -0.25) is 4.79 Å². The molecule has 0 aliphatic heterocycles. The molecule has 2 aromatic carbocycles. The Kier molecular flexibility index (Phi) is 6.96. The van der Waals surface area contributed by atoms with E-state index in [4.69, 9.17) is 4.74 Å². The number of aliphatic carboxylic acids is 1. The molecule has 0 saturated heterocycles. The third kappa shape index (κ3) is 4.87. The maximum atomic E-state index is 12.7. The van der Waals surface area contributed by atoms with Gasteiger partial charge >= 0.3 is 12.1 Å². The highest BCUT2D eigenvalue weighted by molar-refractivity contribution is 5.86. The molecular weight excluding hydrogens is 420 g/mol. The minimum Gasteiger partial charge on any atom is -0.480 e. The average Bonchev–Trinajstić information content (AvgIpc) is 3.40. The van der Waals surface area contributed by atoms with E-state index >= 15 is 0 Å². The van der Waals surface area contributed by atoms with E-state index in [-0.39, 0.29) is 24.5 Å². The Labute approximate surface area is 193 Å². The van der Waals surface area contributed by atoms with Crippen molar-refractivity contribution < 1.29 is 24.2 Å². The minimum atomic E-state index is -1.04. The van der Waals surface area contributed by atoms with E-state index in [9.17, 15) is 19.5 Å². The number of carbonyl (C=O) groups is 3. The number of alkyl carbamates (subject to hydrolysis) is 1. The molecule has 0 radical (unpaired) electrons. The molecule has 0 bridgehead atoms. The number of benzene rings is 2. The Bertz CT molecular complexity index is 991. The zero-order valence-electron chi connectivity index (χ0n) is 18.8. The van der Waals surface area contributed by atoms with Crippen LogP contribution < -0.4 is 10.6 Å². The standard InChI is InChI=1S/C26H30N2O5/c1-2-8-23(25(30)31)27-24(29)20-13-7-14-22(20)28-26(32)33-15-21-18-11-5-3-9-16(18)17-10-4-6-12-19(17)21/h3-6,9-12,20-23H,2,7-8,13-15H2,1H3,(H,27,29)(H,28,32)(H,30,31)/t20-,22+,23+/m1/s1. The predicted octanol–water partition coefficient (Wildman–Crippen LogP) is 4.06. The van der Waals surface area contributed by atoms with Gasteiger partial charge in [-0.1, -0.05) is 68.3 Å². The van der Waals surface area contributed by atoms with E-state index in [1.807, 2.05) is 31.2 Å². The van der Waals surface area contributed by atoms with E-state index in [1.54, 1.807) is 0 Å². The number of ether oxygens (including phenoxy) is 1. The van der Waals surface area contributed by atoms with Crippen LogP contribution in [0.4, 0.5) is 4.79 Å². The monoisotopic (exact) mass is 450 g/mol. The lowest BCUT2D eigenvalue weighted by Crippen LogP contribution is -2.48. The second kappa shape index (κ2) is 10.1. The van der Waals surface area contributed by atoms with Crippen LogP contribution in [0.5, 0.6) is 0 Å². The summed E-state index contributed by atoms with van der Waals surface area (Å²) in [4.78, 5) is 36.7. The fourth-order valence-corrected chi connectivity index (χ4v) is 5.06. The van der Waals surface area contributed by atoms with Gasteiger partial charge in [0.1, 0.15) is 12.6 Å². The summed E-state index contributed by atoms with van der Waals surface area (Å²) in [5.41, 5.74) is 4.60. The molecule has 174 valence electrons. The number of rotatable bonds is 8. The first-order chi connectivity index (χ1) is 16.0. The van der Waals surface area contributed by atoms with Crippen molar-refractivity contribution in [3.63, 3.8) is 0 Å². The van der Waals surface area contributed by atoms with Gasteiger partial charge in [0.25, 0.3) is 0 Å². The Hall–Kier alpha value is -3.35. The molecule has 7 nitrogen and oxygen atoms in total. The van der Waals surface area contributed by atoms with Crippen molar-refractivity contribution in [3.8, 4) is 11.1 Å². The first kappa shape index (κ1) is 22.8. The van der Waals surface area contributed by atoms with Crippen molar-refractivity contribution >= 4 is 18.0 Å². The third-order valence-corrected chi connectivity index (χ3v) is 6.69. The lowest BCUT2D eigenvalue weighted by atomic mass is 9.98. The fraction of sp³-hybridized carbons (Fsp3) is 0.423. The second-order valence-corrected chi connectivity index (χ2v) is 8.80. The highest BCUT2D eigenvalue weighted by atomic mass is 16.5. The third-order valence-electron chi connectivity index (χ3n) is 6.69. The molecule has 3 atom stereocenters. The fourth-order valence-electron chi connectivity index (χ4n) is 5.06. The molecule has 2 amide bonds. The molecular formula is C26H30N2O5. The average molecular weight is 451 g/mol. The van der Waals surface area contributed by atoms with Gasteiger partial charge in [-0.15, -0.1) is 0 Å². The summed E-state index contributed by atoms with van der Waals surface area (Å²) in [6.07, 6.45) is 2.54. The summed E-state index contributed by atoms with van der Waals surface area (Å²) in [5, 5.41) is 14.8. The number of nitrogens with one attached hydrogen (secondary N) is 2. The first-order valence-corrected chi connectivity index (χ1v) is 11.6. The highest BCUT2D eigenvalue weighted by Crippen LogP contribution is 2.44. The molecule has 1 fully saturated rings. The molecule has 33 heavy (non-hydrogen) atoms. The van der Waals surface area contributed by atoms with Gasteiger partial charge < -0.3 is 20.5 Å². The summed E-state index contributed by atoms with van der Waals surface area (Å²) in [6, 6.07) is 15.0. The molecule has 1 saturated carbocycles. The summed E-state index contributed by atoms with van der Waals surface area (Å²) >= 11 is 0. The Morgan fingerprint density at radius 3 is 2.27 bits per heavy atom. The zero-order chi connectivity index (χ0) is 23.4. The number of fused-ring (bicyclic) bond motifs is 3. The van der Waals surface area contributed by atoms with Gasteiger partial charge in [-0.05, 0) is 41.5 Å². The van der Waals surface area contributed by atoms with Gasteiger partial charge in [0.15, 0.2) is 0 Å². The summed E-state index contributed by atoms with van der Waals surface area (Å²) in [5.74, 6) is -1.85. The summed E-state index contributed by atoms with van der Waals surface area (Å²) < 4.78 is 5.61. The molecule has 2 aliphatic rings.